The van der Waals surface area contributed by atoms with Crippen molar-refractivity contribution < 1.29 is 17.9 Å². The zero-order valence-corrected chi connectivity index (χ0v) is 11.8. The molecule has 3 rings (SSSR count). The molecule has 1 aliphatic rings. The second-order valence-electron chi connectivity index (χ2n) is 4.43. The number of hydrogen-bond donors (Lipinski definition) is 1. The van der Waals surface area contributed by atoms with Crippen LogP contribution in [0.4, 0.5) is 5.69 Å². The fourth-order valence-electron chi connectivity index (χ4n) is 1.89. The highest BCUT2D eigenvalue weighted by atomic mass is 32.2. The van der Waals surface area contributed by atoms with Crippen molar-refractivity contribution in [2.45, 2.75) is 0 Å². The molecule has 0 saturated heterocycles. The van der Waals surface area contributed by atoms with Gasteiger partial charge in [0.1, 0.15) is 0 Å². The van der Waals surface area contributed by atoms with Crippen molar-refractivity contribution in [2.75, 3.05) is 11.5 Å². The van der Waals surface area contributed by atoms with Gasteiger partial charge in [0, 0.05) is 6.07 Å². The first-order valence-electron chi connectivity index (χ1n) is 6.28. The second-order valence-corrected chi connectivity index (χ2v) is 5.99. The predicted molar refractivity (Wildman–Crippen MR) is 80.6 cm³/mol. The van der Waals surface area contributed by atoms with Gasteiger partial charge in [-0.3, -0.25) is 4.72 Å². The van der Waals surface area contributed by atoms with Crippen LogP contribution in [0.25, 0.3) is 6.08 Å². The van der Waals surface area contributed by atoms with Crippen molar-refractivity contribution in [1.82, 2.24) is 0 Å². The molecule has 0 saturated carbocycles. The van der Waals surface area contributed by atoms with Gasteiger partial charge < -0.3 is 9.47 Å². The Kier molecular flexibility index (Phi) is 3.53. The molecule has 0 spiro atoms. The number of anilines is 1. The fourth-order valence-corrected chi connectivity index (χ4v) is 2.75. The standard InChI is InChI=1S/C15H13NO4S/c17-21(18,9-8-12-4-2-1-3-5-12)16-13-6-7-14-15(10-13)20-11-19-14/h1-10,16H,11H2. The lowest BCUT2D eigenvalue weighted by Gasteiger charge is -2.05. The SMILES string of the molecule is O=S(=O)(C=Cc1ccccc1)Nc1ccc2c(c1)OCO2. The molecule has 0 amide bonds. The predicted octanol–water partition coefficient (Wildman–Crippen LogP) is 2.83. The minimum atomic E-state index is -3.58. The Morgan fingerprint density at radius 2 is 1.76 bits per heavy atom. The van der Waals surface area contributed by atoms with Gasteiger partial charge in [-0.15, -0.1) is 0 Å². The molecule has 0 bridgehead atoms. The molecule has 1 heterocycles. The zero-order chi connectivity index (χ0) is 14.7. The number of benzene rings is 2. The minimum absolute atomic E-state index is 0.152. The van der Waals surface area contributed by atoms with Crippen molar-refractivity contribution in [3.63, 3.8) is 0 Å². The van der Waals surface area contributed by atoms with Gasteiger partial charge in [0.25, 0.3) is 10.0 Å². The number of fused-ring (bicyclic) bond motifs is 1. The van der Waals surface area contributed by atoms with Gasteiger partial charge in [0.05, 0.1) is 11.1 Å². The van der Waals surface area contributed by atoms with E-state index in [1.54, 1.807) is 18.2 Å². The van der Waals surface area contributed by atoms with E-state index < -0.39 is 10.0 Å². The highest BCUT2D eigenvalue weighted by Crippen LogP contribution is 2.34. The smallest absolute Gasteiger partial charge is 0.255 e. The first-order valence-corrected chi connectivity index (χ1v) is 7.83. The Morgan fingerprint density at radius 1 is 1.00 bits per heavy atom. The molecule has 0 aliphatic carbocycles. The molecule has 6 heteroatoms. The number of nitrogens with one attached hydrogen (secondary N) is 1. The molecule has 108 valence electrons. The van der Waals surface area contributed by atoms with E-state index in [0.717, 1.165) is 11.0 Å². The molecule has 0 atom stereocenters. The maximum atomic E-state index is 12.0. The van der Waals surface area contributed by atoms with Crippen molar-refractivity contribution in [1.29, 1.82) is 0 Å². The van der Waals surface area contributed by atoms with E-state index in [4.69, 9.17) is 9.47 Å². The maximum absolute atomic E-state index is 12.0. The summed E-state index contributed by atoms with van der Waals surface area (Å²) in [5, 5.41) is 1.13. The highest BCUT2D eigenvalue weighted by molar-refractivity contribution is 7.95. The van der Waals surface area contributed by atoms with E-state index in [2.05, 4.69) is 4.72 Å². The molecule has 1 aliphatic heterocycles. The third-order valence-corrected chi connectivity index (χ3v) is 3.89. The molecule has 21 heavy (non-hydrogen) atoms. The summed E-state index contributed by atoms with van der Waals surface area (Å²) in [6.45, 7) is 0.152. The summed E-state index contributed by atoms with van der Waals surface area (Å²) in [6.07, 6.45) is 1.54. The summed E-state index contributed by atoms with van der Waals surface area (Å²) in [6, 6.07) is 14.1. The van der Waals surface area contributed by atoms with E-state index in [-0.39, 0.29) is 6.79 Å². The quantitative estimate of drug-likeness (QED) is 0.943. The summed E-state index contributed by atoms with van der Waals surface area (Å²) in [5.41, 5.74) is 1.24. The molecule has 0 unspecified atom stereocenters. The Labute approximate surface area is 122 Å². The van der Waals surface area contributed by atoms with Crippen LogP contribution in [0.3, 0.4) is 0 Å². The molecule has 0 fully saturated rings. The number of ether oxygens (including phenoxy) is 2. The van der Waals surface area contributed by atoms with Crippen LogP contribution in [-0.2, 0) is 10.0 Å². The molecule has 2 aromatic carbocycles. The molecular weight excluding hydrogens is 290 g/mol. The molecular formula is C15H13NO4S. The molecule has 5 nitrogen and oxygen atoms in total. The first kappa shape index (κ1) is 13.5. The van der Waals surface area contributed by atoms with Gasteiger partial charge >= 0.3 is 0 Å². The molecule has 1 N–H and O–H groups in total. The first-order chi connectivity index (χ1) is 10.1. The maximum Gasteiger partial charge on any atom is 0.255 e. The Bertz CT molecular complexity index is 770. The van der Waals surface area contributed by atoms with Crippen molar-refractivity contribution in [3.05, 3.63) is 59.5 Å². The molecule has 0 aromatic heterocycles. The summed E-state index contributed by atoms with van der Waals surface area (Å²) >= 11 is 0. The second kappa shape index (κ2) is 5.49. The van der Waals surface area contributed by atoms with Crippen LogP contribution in [0.1, 0.15) is 5.56 Å². The van der Waals surface area contributed by atoms with E-state index in [1.165, 1.54) is 6.08 Å². The normalized spacial score (nSPS) is 13.5. The number of sulfonamides is 1. The number of hydrogen-bond acceptors (Lipinski definition) is 4. The molecule has 0 radical (unpaired) electrons. The third-order valence-electron chi connectivity index (χ3n) is 2.87. The van der Waals surface area contributed by atoms with E-state index in [1.807, 2.05) is 30.3 Å². The summed E-state index contributed by atoms with van der Waals surface area (Å²) in [4.78, 5) is 0. The summed E-state index contributed by atoms with van der Waals surface area (Å²) in [5.74, 6) is 1.14. The lowest BCUT2D eigenvalue weighted by atomic mass is 10.2. The van der Waals surface area contributed by atoms with Crippen LogP contribution in [0.15, 0.2) is 53.9 Å². The fraction of sp³-hybridized carbons (Fsp3) is 0.0667. The number of rotatable bonds is 4. The molecule has 2 aromatic rings. The van der Waals surface area contributed by atoms with Crippen LogP contribution in [0, 0.1) is 0 Å². The Balaban J connectivity index is 1.76. The van der Waals surface area contributed by atoms with E-state index in [9.17, 15) is 8.42 Å². The Hall–Kier alpha value is -2.47. The summed E-state index contributed by atoms with van der Waals surface area (Å²) in [7, 11) is -3.58. The van der Waals surface area contributed by atoms with Crippen LogP contribution in [-0.4, -0.2) is 15.2 Å². The van der Waals surface area contributed by atoms with Gasteiger partial charge in [-0.1, -0.05) is 30.3 Å². The van der Waals surface area contributed by atoms with Crippen LogP contribution in [0.2, 0.25) is 0 Å². The monoisotopic (exact) mass is 303 g/mol. The lowest BCUT2D eigenvalue weighted by Crippen LogP contribution is -2.08. The van der Waals surface area contributed by atoms with Gasteiger partial charge in [0.15, 0.2) is 11.5 Å². The van der Waals surface area contributed by atoms with Crippen molar-refractivity contribution in [2.24, 2.45) is 0 Å². The average Bonchev–Trinajstić information content (AvgIpc) is 2.93. The topological polar surface area (TPSA) is 64.6 Å². The minimum Gasteiger partial charge on any atom is -0.454 e. The van der Waals surface area contributed by atoms with Gasteiger partial charge in [0.2, 0.25) is 6.79 Å². The van der Waals surface area contributed by atoms with Crippen LogP contribution in [0.5, 0.6) is 11.5 Å². The van der Waals surface area contributed by atoms with E-state index >= 15 is 0 Å². The third kappa shape index (κ3) is 3.35. The lowest BCUT2D eigenvalue weighted by molar-refractivity contribution is 0.174. The van der Waals surface area contributed by atoms with E-state index in [0.29, 0.717) is 17.2 Å². The van der Waals surface area contributed by atoms with Crippen LogP contribution < -0.4 is 14.2 Å². The van der Waals surface area contributed by atoms with Gasteiger partial charge in [-0.2, -0.15) is 0 Å². The van der Waals surface area contributed by atoms with Gasteiger partial charge in [-0.05, 0) is 23.8 Å². The highest BCUT2D eigenvalue weighted by Gasteiger charge is 2.14. The van der Waals surface area contributed by atoms with Gasteiger partial charge in [-0.25, -0.2) is 8.42 Å². The Morgan fingerprint density at radius 3 is 2.57 bits per heavy atom. The van der Waals surface area contributed by atoms with Crippen molar-refractivity contribution >= 4 is 21.8 Å². The largest absolute Gasteiger partial charge is 0.454 e. The average molecular weight is 303 g/mol. The summed E-state index contributed by atoms with van der Waals surface area (Å²) < 4.78 is 36.9. The van der Waals surface area contributed by atoms with Crippen LogP contribution >= 0.6 is 0 Å². The zero-order valence-electron chi connectivity index (χ0n) is 11.0. The van der Waals surface area contributed by atoms with Crippen molar-refractivity contribution in [3.8, 4) is 11.5 Å².